The maximum Gasteiger partial charge on any atom is 0.261 e. The van der Waals surface area contributed by atoms with Crippen LogP contribution in [-0.4, -0.2) is 23.7 Å². The molecule has 1 unspecified atom stereocenters. The minimum atomic E-state index is -0.402. The summed E-state index contributed by atoms with van der Waals surface area (Å²) < 4.78 is 14.2. The number of benzene rings is 1. The first kappa shape index (κ1) is 16.9. The Morgan fingerprint density at radius 1 is 1.45 bits per heavy atom. The number of halogens is 1. The first-order valence-electron chi connectivity index (χ1n) is 7.34. The highest BCUT2D eigenvalue weighted by Gasteiger charge is 2.23. The number of rotatable bonds is 5. The second-order valence-electron chi connectivity index (χ2n) is 6.60. The number of nitrogens with one attached hydrogen (secondary N) is 1. The van der Waals surface area contributed by atoms with E-state index in [-0.39, 0.29) is 17.1 Å². The summed E-state index contributed by atoms with van der Waals surface area (Å²) in [6, 6.07) is 4.58. The van der Waals surface area contributed by atoms with Crippen molar-refractivity contribution in [1.29, 1.82) is 0 Å². The number of hydrogen-bond acceptors (Lipinski definition) is 3. The Bertz CT molecular complexity index is 691. The molecular formula is C17H22FNO2S. The van der Waals surface area contributed by atoms with Gasteiger partial charge in [0.05, 0.1) is 11.0 Å². The van der Waals surface area contributed by atoms with E-state index in [2.05, 4.69) is 5.32 Å². The van der Waals surface area contributed by atoms with Gasteiger partial charge in [-0.1, -0.05) is 13.8 Å². The van der Waals surface area contributed by atoms with Gasteiger partial charge < -0.3 is 10.4 Å². The van der Waals surface area contributed by atoms with Crippen LogP contribution in [0.4, 0.5) is 4.39 Å². The Labute approximate surface area is 134 Å². The van der Waals surface area contributed by atoms with Gasteiger partial charge in [-0.3, -0.25) is 4.79 Å². The molecular weight excluding hydrogens is 301 g/mol. The van der Waals surface area contributed by atoms with Crippen LogP contribution in [0.15, 0.2) is 18.2 Å². The fraction of sp³-hybridized carbons (Fsp3) is 0.471. The molecule has 0 saturated carbocycles. The Balaban J connectivity index is 2.15. The highest BCUT2D eigenvalue weighted by Crippen LogP contribution is 2.31. The van der Waals surface area contributed by atoms with E-state index >= 15 is 0 Å². The van der Waals surface area contributed by atoms with Crippen molar-refractivity contribution < 1.29 is 14.3 Å². The molecule has 1 atom stereocenters. The summed E-state index contributed by atoms with van der Waals surface area (Å²) in [6.45, 7) is 8.08. The molecule has 0 radical (unpaired) electrons. The van der Waals surface area contributed by atoms with Crippen LogP contribution in [0.25, 0.3) is 10.1 Å². The van der Waals surface area contributed by atoms with Crippen molar-refractivity contribution in [2.24, 2.45) is 5.41 Å². The lowest BCUT2D eigenvalue weighted by Gasteiger charge is -2.26. The van der Waals surface area contributed by atoms with Crippen molar-refractivity contribution in [2.75, 3.05) is 6.54 Å². The number of thiophene rings is 1. The molecule has 0 fully saturated rings. The van der Waals surface area contributed by atoms with Gasteiger partial charge in [-0.2, -0.15) is 0 Å². The fourth-order valence-corrected chi connectivity index (χ4v) is 3.79. The largest absolute Gasteiger partial charge is 0.393 e. The third-order valence-electron chi connectivity index (χ3n) is 3.68. The molecule has 22 heavy (non-hydrogen) atoms. The Hall–Kier alpha value is -1.46. The van der Waals surface area contributed by atoms with Gasteiger partial charge in [-0.25, -0.2) is 4.39 Å². The maximum atomic E-state index is 13.3. The lowest BCUT2D eigenvalue weighted by Crippen LogP contribution is -2.35. The predicted octanol–water partition coefficient (Wildman–Crippen LogP) is 3.88. The molecule has 0 aliphatic carbocycles. The molecule has 5 heteroatoms. The van der Waals surface area contributed by atoms with Gasteiger partial charge in [0, 0.05) is 11.2 Å². The number of carbonyl (C=O) groups excluding carboxylic acids is 1. The molecule has 2 rings (SSSR count). The predicted molar refractivity (Wildman–Crippen MR) is 88.9 cm³/mol. The lowest BCUT2D eigenvalue weighted by molar-refractivity contribution is 0.0905. The van der Waals surface area contributed by atoms with E-state index in [4.69, 9.17) is 0 Å². The summed E-state index contributed by atoms with van der Waals surface area (Å²) >= 11 is 1.38. The van der Waals surface area contributed by atoms with Crippen LogP contribution in [0.3, 0.4) is 0 Å². The Morgan fingerprint density at radius 3 is 2.77 bits per heavy atom. The fourth-order valence-electron chi connectivity index (χ4n) is 2.68. The molecule has 0 spiro atoms. The zero-order chi connectivity index (χ0) is 16.5. The van der Waals surface area contributed by atoms with Crippen molar-refractivity contribution in [3.8, 4) is 0 Å². The van der Waals surface area contributed by atoms with Crippen LogP contribution in [0.1, 0.15) is 42.4 Å². The van der Waals surface area contributed by atoms with Crippen molar-refractivity contribution in [2.45, 2.75) is 40.2 Å². The average molecular weight is 323 g/mol. The summed E-state index contributed by atoms with van der Waals surface area (Å²) in [5, 5.41) is 13.2. The van der Waals surface area contributed by atoms with Crippen LogP contribution in [0, 0.1) is 18.2 Å². The molecule has 120 valence electrons. The number of amides is 1. The number of aryl methyl sites for hydroxylation is 1. The first-order valence-corrected chi connectivity index (χ1v) is 8.16. The maximum absolute atomic E-state index is 13.3. The van der Waals surface area contributed by atoms with E-state index in [1.54, 1.807) is 13.0 Å². The monoisotopic (exact) mass is 323 g/mol. The van der Waals surface area contributed by atoms with Gasteiger partial charge in [0.2, 0.25) is 0 Å². The lowest BCUT2D eigenvalue weighted by atomic mass is 9.87. The van der Waals surface area contributed by atoms with Crippen molar-refractivity contribution in [1.82, 2.24) is 5.32 Å². The number of aliphatic hydroxyl groups excluding tert-OH is 1. The van der Waals surface area contributed by atoms with Gasteiger partial charge in [0.25, 0.3) is 5.91 Å². The van der Waals surface area contributed by atoms with Gasteiger partial charge in [0.1, 0.15) is 5.82 Å². The second-order valence-corrected chi connectivity index (χ2v) is 7.65. The van der Waals surface area contributed by atoms with Crippen LogP contribution in [0.5, 0.6) is 0 Å². The number of aliphatic hydroxyl groups is 1. The summed E-state index contributed by atoms with van der Waals surface area (Å²) in [5.41, 5.74) is 0.630. The zero-order valence-electron chi connectivity index (χ0n) is 13.4. The SMILES string of the molecule is Cc1c(C(=O)NCC(C)(C)CC(C)O)sc2ccc(F)cc12. The van der Waals surface area contributed by atoms with Gasteiger partial charge >= 0.3 is 0 Å². The van der Waals surface area contributed by atoms with Crippen LogP contribution < -0.4 is 5.32 Å². The molecule has 1 aromatic carbocycles. The second kappa shape index (κ2) is 6.34. The number of carbonyl (C=O) groups is 1. The van der Waals surface area contributed by atoms with E-state index in [1.807, 2.05) is 20.8 Å². The van der Waals surface area contributed by atoms with Gasteiger partial charge in [-0.15, -0.1) is 11.3 Å². The average Bonchev–Trinajstić information content (AvgIpc) is 2.72. The van der Waals surface area contributed by atoms with Crippen molar-refractivity contribution >= 4 is 27.3 Å². The standard InChI is InChI=1S/C17H22FNO2S/c1-10(20)8-17(3,4)9-19-16(21)15-11(2)13-7-12(18)5-6-14(13)22-15/h5-7,10,20H,8-9H2,1-4H3,(H,19,21). The van der Waals surface area contributed by atoms with Crippen LogP contribution in [-0.2, 0) is 0 Å². The molecule has 0 bridgehead atoms. The molecule has 0 saturated heterocycles. The molecule has 3 nitrogen and oxygen atoms in total. The summed E-state index contributed by atoms with van der Waals surface area (Å²) in [5.74, 6) is -0.434. The summed E-state index contributed by atoms with van der Waals surface area (Å²) in [7, 11) is 0. The Morgan fingerprint density at radius 2 is 2.14 bits per heavy atom. The van der Waals surface area contributed by atoms with E-state index in [9.17, 15) is 14.3 Å². The van der Waals surface area contributed by atoms with Crippen molar-refractivity contribution in [3.05, 3.63) is 34.5 Å². The number of fused-ring (bicyclic) bond motifs is 1. The highest BCUT2D eigenvalue weighted by molar-refractivity contribution is 7.21. The first-order chi connectivity index (χ1) is 10.2. The van der Waals surface area contributed by atoms with Crippen LogP contribution in [0.2, 0.25) is 0 Å². The Kier molecular flexibility index (Phi) is 4.87. The van der Waals surface area contributed by atoms with E-state index in [1.165, 1.54) is 23.5 Å². The van der Waals surface area contributed by atoms with Gasteiger partial charge in [-0.05, 0) is 54.8 Å². The highest BCUT2D eigenvalue weighted by atomic mass is 32.1. The quantitative estimate of drug-likeness (QED) is 0.877. The minimum Gasteiger partial charge on any atom is -0.393 e. The molecule has 1 aromatic heterocycles. The molecule has 0 aliphatic heterocycles. The van der Waals surface area contributed by atoms with Crippen LogP contribution >= 0.6 is 11.3 Å². The normalized spacial score (nSPS) is 13.4. The number of hydrogen-bond donors (Lipinski definition) is 2. The molecule has 2 N–H and O–H groups in total. The van der Waals surface area contributed by atoms with E-state index in [0.717, 1.165) is 15.6 Å². The molecule has 1 amide bonds. The van der Waals surface area contributed by atoms with Crippen molar-refractivity contribution in [3.63, 3.8) is 0 Å². The minimum absolute atomic E-state index is 0.141. The summed E-state index contributed by atoms with van der Waals surface area (Å²) in [4.78, 5) is 13.0. The van der Waals surface area contributed by atoms with E-state index < -0.39 is 6.10 Å². The molecule has 1 heterocycles. The summed E-state index contributed by atoms with van der Waals surface area (Å²) in [6.07, 6.45) is 0.213. The van der Waals surface area contributed by atoms with E-state index in [0.29, 0.717) is 17.8 Å². The molecule has 2 aromatic rings. The van der Waals surface area contributed by atoms with Gasteiger partial charge in [0.15, 0.2) is 0 Å². The topological polar surface area (TPSA) is 49.3 Å². The zero-order valence-corrected chi connectivity index (χ0v) is 14.2. The molecule has 0 aliphatic rings. The smallest absolute Gasteiger partial charge is 0.261 e. The third-order valence-corrected chi connectivity index (χ3v) is 4.95. The third kappa shape index (κ3) is 3.84.